The van der Waals surface area contributed by atoms with Crippen LogP contribution in [0.1, 0.15) is 31.7 Å². The Morgan fingerprint density at radius 3 is 2.63 bits per heavy atom. The summed E-state index contributed by atoms with van der Waals surface area (Å²) in [5.41, 5.74) is 1.20. The van der Waals surface area contributed by atoms with E-state index < -0.39 is 0 Å². The van der Waals surface area contributed by atoms with Crippen molar-refractivity contribution >= 4 is 11.6 Å². The van der Waals surface area contributed by atoms with Gasteiger partial charge in [-0.2, -0.15) is 0 Å². The van der Waals surface area contributed by atoms with E-state index in [-0.39, 0.29) is 0 Å². The maximum Gasteiger partial charge on any atom is 0.134 e. The summed E-state index contributed by atoms with van der Waals surface area (Å²) < 4.78 is 0. The van der Waals surface area contributed by atoms with Gasteiger partial charge in [-0.15, -0.1) is 0 Å². The van der Waals surface area contributed by atoms with E-state index in [0.717, 1.165) is 37.6 Å². The van der Waals surface area contributed by atoms with Crippen LogP contribution in [0, 0.1) is 0 Å². The molecule has 0 unspecified atom stereocenters. The zero-order valence-corrected chi connectivity index (χ0v) is 12.1. The third kappa shape index (κ3) is 3.80. The van der Waals surface area contributed by atoms with E-state index in [0.29, 0.717) is 0 Å². The second-order valence-electron chi connectivity index (χ2n) is 5.02. The van der Waals surface area contributed by atoms with Crippen molar-refractivity contribution in [2.24, 2.45) is 0 Å². The molecule has 1 aliphatic rings. The van der Waals surface area contributed by atoms with Crippen LogP contribution in [0.5, 0.6) is 0 Å². The summed E-state index contributed by atoms with van der Waals surface area (Å²) in [6.45, 7) is 6.73. The number of aromatic nitrogens is 2. The van der Waals surface area contributed by atoms with E-state index in [2.05, 4.69) is 32.4 Å². The molecule has 1 saturated heterocycles. The van der Waals surface area contributed by atoms with Crippen molar-refractivity contribution in [2.75, 3.05) is 43.9 Å². The molecule has 1 aromatic rings. The van der Waals surface area contributed by atoms with Gasteiger partial charge in [0.1, 0.15) is 18.0 Å². The number of rotatable bonds is 7. The molecule has 0 spiro atoms. The lowest BCUT2D eigenvalue weighted by Gasteiger charge is -2.17. The molecule has 0 atom stereocenters. The van der Waals surface area contributed by atoms with Crippen molar-refractivity contribution < 1.29 is 0 Å². The monoisotopic (exact) mass is 263 g/mol. The van der Waals surface area contributed by atoms with Gasteiger partial charge in [-0.25, -0.2) is 9.97 Å². The molecule has 19 heavy (non-hydrogen) atoms. The number of nitrogens with zero attached hydrogens (tertiary/aromatic N) is 3. The van der Waals surface area contributed by atoms with Gasteiger partial charge in [0.15, 0.2) is 0 Å². The maximum absolute atomic E-state index is 4.39. The van der Waals surface area contributed by atoms with E-state index in [4.69, 9.17) is 0 Å². The molecule has 106 valence electrons. The van der Waals surface area contributed by atoms with Crippen LogP contribution in [0.15, 0.2) is 6.33 Å². The highest BCUT2D eigenvalue weighted by Gasteiger charge is 2.12. The third-order valence-corrected chi connectivity index (χ3v) is 3.60. The lowest BCUT2D eigenvalue weighted by Crippen LogP contribution is -2.26. The van der Waals surface area contributed by atoms with Crippen molar-refractivity contribution in [3.05, 3.63) is 11.9 Å². The normalized spacial score (nSPS) is 15.7. The quantitative estimate of drug-likeness (QED) is 0.788. The molecule has 2 rings (SSSR count). The number of likely N-dealkylation sites (tertiary alicyclic amines) is 1. The van der Waals surface area contributed by atoms with Gasteiger partial charge in [-0.3, -0.25) is 0 Å². The number of nitrogens with one attached hydrogen (secondary N) is 2. The molecule has 0 amide bonds. The summed E-state index contributed by atoms with van der Waals surface area (Å²) in [4.78, 5) is 11.2. The van der Waals surface area contributed by atoms with E-state index in [1.54, 1.807) is 6.33 Å². The van der Waals surface area contributed by atoms with Crippen LogP contribution in [0.4, 0.5) is 11.6 Å². The molecule has 1 aromatic heterocycles. The Kier molecular flexibility index (Phi) is 5.39. The lowest BCUT2D eigenvalue weighted by molar-refractivity contribution is 0.352. The molecule has 5 heteroatoms. The molecule has 2 heterocycles. The second-order valence-corrected chi connectivity index (χ2v) is 5.02. The molecule has 0 bridgehead atoms. The smallest absolute Gasteiger partial charge is 0.134 e. The number of anilines is 2. The summed E-state index contributed by atoms with van der Waals surface area (Å²) >= 11 is 0. The first-order valence-electron chi connectivity index (χ1n) is 7.33. The molecule has 5 nitrogen and oxygen atoms in total. The predicted octanol–water partition coefficient (Wildman–Crippen LogP) is 1.98. The number of hydrogen-bond acceptors (Lipinski definition) is 5. The van der Waals surface area contributed by atoms with Gasteiger partial charge in [0.2, 0.25) is 0 Å². The van der Waals surface area contributed by atoms with Crippen LogP contribution in [0.3, 0.4) is 0 Å². The molecule has 1 fully saturated rings. The first-order chi connectivity index (χ1) is 9.35. The standard InChI is InChI=1S/C14H25N5/c1-3-6-12-13(15-2)17-11-18-14(12)16-7-10-19-8-4-5-9-19/h11H,3-10H2,1-2H3,(H2,15,16,17,18). The van der Waals surface area contributed by atoms with Crippen molar-refractivity contribution in [1.82, 2.24) is 14.9 Å². The average molecular weight is 263 g/mol. The fourth-order valence-corrected chi connectivity index (χ4v) is 2.61. The van der Waals surface area contributed by atoms with Gasteiger partial charge >= 0.3 is 0 Å². The molecule has 2 N–H and O–H groups in total. The fraction of sp³-hybridized carbons (Fsp3) is 0.714. The van der Waals surface area contributed by atoms with E-state index in [9.17, 15) is 0 Å². The van der Waals surface area contributed by atoms with Crippen LogP contribution < -0.4 is 10.6 Å². The SMILES string of the molecule is CCCc1c(NC)ncnc1NCCN1CCCC1. The van der Waals surface area contributed by atoms with Crippen LogP contribution in [-0.2, 0) is 6.42 Å². The minimum absolute atomic E-state index is 0.945. The number of hydrogen-bond donors (Lipinski definition) is 2. The summed E-state index contributed by atoms with van der Waals surface area (Å²) in [6.07, 6.45) is 6.42. The second kappa shape index (κ2) is 7.28. The molecule has 0 aliphatic carbocycles. The van der Waals surface area contributed by atoms with Crippen molar-refractivity contribution in [3.8, 4) is 0 Å². The molecule has 0 saturated carbocycles. The topological polar surface area (TPSA) is 53.1 Å². The molecular formula is C14H25N5. The van der Waals surface area contributed by atoms with Gasteiger partial charge in [-0.05, 0) is 32.4 Å². The highest BCUT2D eigenvalue weighted by molar-refractivity contribution is 5.57. The van der Waals surface area contributed by atoms with Gasteiger partial charge in [-0.1, -0.05) is 13.3 Å². The maximum atomic E-state index is 4.39. The Balaban J connectivity index is 1.94. The van der Waals surface area contributed by atoms with Crippen LogP contribution in [0.2, 0.25) is 0 Å². The first-order valence-corrected chi connectivity index (χ1v) is 7.33. The zero-order chi connectivity index (χ0) is 13.5. The van der Waals surface area contributed by atoms with Gasteiger partial charge in [0, 0.05) is 25.7 Å². The molecule has 1 aliphatic heterocycles. The lowest BCUT2D eigenvalue weighted by atomic mass is 10.1. The molecule has 0 radical (unpaired) electrons. The Bertz CT molecular complexity index is 387. The summed E-state index contributed by atoms with van der Waals surface area (Å²) in [5.74, 6) is 1.93. The molecular weight excluding hydrogens is 238 g/mol. The Morgan fingerprint density at radius 1 is 1.21 bits per heavy atom. The fourth-order valence-electron chi connectivity index (χ4n) is 2.61. The van der Waals surface area contributed by atoms with Gasteiger partial charge in [0.25, 0.3) is 0 Å². The minimum atomic E-state index is 0.945. The van der Waals surface area contributed by atoms with Crippen LogP contribution in [0.25, 0.3) is 0 Å². The first kappa shape index (κ1) is 14.1. The highest BCUT2D eigenvalue weighted by Crippen LogP contribution is 2.21. The average Bonchev–Trinajstić information content (AvgIpc) is 2.94. The Morgan fingerprint density at radius 2 is 1.95 bits per heavy atom. The summed E-state index contributed by atoms with van der Waals surface area (Å²) in [7, 11) is 1.91. The van der Waals surface area contributed by atoms with Crippen molar-refractivity contribution in [2.45, 2.75) is 32.6 Å². The summed E-state index contributed by atoms with van der Waals surface area (Å²) in [5, 5.41) is 6.62. The Labute approximate surface area is 115 Å². The minimum Gasteiger partial charge on any atom is -0.373 e. The van der Waals surface area contributed by atoms with E-state index in [1.807, 2.05) is 7.05 Å². The van der Waals surface area contributed by atoms with Crippen LogP contribution in [-0.4, -0.2) is 48.1 Å². The van der Waals surface area contributed by atoms with Crippen molar-refractivity contribution in [1.29, 1.82) is 0 Å². The highest BCUT2D eigenvalue weighted by atomic mass is 15.2. The predicted molar refractivity (Wildman–Crippen MR) is 79.7 cm³/mol. The summed E-state index contributed by atoms with van der Waals surface area (Å²) in [6, 6.07) is 0. The van der Waals surface area contributed by atoms with Crippen molar-refractivity contribution in [3.63, 3.8) is 0 Å². The van der Waals surface area contributed by atoms with Gasteiger partial charge < -0.3 is 15.5 Å². The van der Waals surface area contributed by atoms with E-state index in [1.165, 1.54) is 31.5 Å². The van der Waals surface area contributed by atoms with Gasteiger partial charge in [0.05, 0.1) is 0 Å². The molecule has 0 aromatic carbocycles. The third-order valence-electron chi connectivity index (χ3n) is 3.60. The Hall–Kier alpha value is -1.36. The zero-order valence-electron chi connectivity index (χ0n) is 12.1. The van der Waals surface area contributed by atoms with Crippen LogP contribution >= 0.6 is 0 Å². The van der Waals surface area contributed by atoms with E-state index >= 15 is 0 Å². The largest absolute Gasteiger partial charge is 0.373 e.